The van der Waals surface area contributed by atoms with Crippen LogP contribution < -0.4 is 5.32 Å². The van der Waals surface area contributed by atoms with Crippen molar-refractivity contribution in [3.05, 3.63) is 45.7 Å². The van der Waals surface area contributed by atoms with Crippen LogP contribution in [0.4, 0.5) is 10.5 Å². The maximum absolute atomic E-state index is 12.5. The maximum Gasteiger partial charge on any atom is 0.337 e. The van der Waals surface area contributed by atoms with Gasteiger partial charge in [0.2, 0.25) is 0 Å². The highest BCUT2D eigenvalue weighted by molar-refractivity contribution is 6.34. The highest BCUT2D eigenvalue weighted by atomic mass is 35.5. The summed E-state index contributed by atoms with van der Waals surface area (Å²) >= 11 is 6.16. The summed E-state index contributed by atoms with van der Waals surface area (Å²) in [6, 6.07) is 4.30. The zero-order valence-corrected chi connectivity index (χ0v) is 15.5. The second-order valence-electron chi connectivity index (χ2n) is 6.31. The Morgan fingerprint density at radius 2 is 2.12 bits per heavy atom. The third-order valence-corrected chi connectivity index (χ3v) is 4.82. The molecule has 0 fully saturated rings. The summed E-state index contributed by atoms with van der Waals surface area (Å²) in [4.78, 5) is 25.5. The van der Waals surface area contributed by atoms with E-state index in [4.69, 9.17) is 11.6 Å². The van der Waals surface area contributed by atoms with E-state index in [0.29, 0.717) is 17.8 Å². The SMILES string of the molecule is COC(=O)c1ccc(NC(=O)N(C)Cc2n[nH]c3c2CCCC3)c(Cl)c1. The van der Waals surface area contributed by atoms with Crippen LogP contribution >= 0.6 is 11.6 Å². The van der Waals surface area contributed by atoms with Crippen LogP contribution in [-0.2, 0) is 24.1 Å². The number of fused-ring (bicyclic) bond motifs is 1. The first-order valence-electron chi connectivity index (χ1n) is 8.44. The van der Waals surface area contributed by atoms with Crippen molar-refractivity contribution in [1.29, 1.82) is 0 Å². The van der Waals surface area contributed by atoms with E-state index >= 15 is 0 Å². The number of esters is 1. The summed E-state index contributed by atoms with van der Waals surface area (Å²) in [5, 5.41) is 10.5. The van der Waals surface area contributed by atoms with E-state index in [1.807, 2.05) is 0 Å². The number of aromatic nitrogens is 2. The minimum Gasteiger partial charge on any atom is -0.465 e. The number of nitrogens with one attached hydrogen (secondary N) is 2. The number of halogens is 1. The van der Waals surface area contributed by atoms with Crippen molar-refractivity contribution >= 4 is 29.3 Å². The first-order valence-corrected chi connectivity index (χ1v) is 8.82. The molecule has 2 aromatic rings. The Morgan fingerprint density at radius 1 is 1.35 bits per heavy atom. The van der Waals surface area contributed by atoms with Crippen molar-refractivity contribution < 1.29 is 14.3 Å². The molecule has 0 saturated carbocycles. The number of carbonyl (C=O) groups is 2. The number of benzene rings is 1. The number of urea groups is 1. The summed E-state index contributed by atoms with van der Waals surface area (Å²) in [6.07, 6.45) is 4.33. The molecule has 7 nitrogen and oxygen atoms in total. The highest BCUT2D eigenvalue weighted by Crippen LogP contribution is 2.25. The Bertz CT molecular complexity index is 834. The van der Waals surface area contributed by atoms with Crippen LogP contribution in [-0.4, -0.2) is 41.3 Å². The number of ether oxygens (including phenoxy) is 1. The van der Waals surface area contributed by atoms with E-state index in [1.54, 1.807) is 24.1 Å². The van der Waals surface area contributed by atoms with Crippen LogP contribution in [0, 0.1) is 0 Å². The third-order valence-electron chi connectivity index (χ3n) is 4.51. The first kappa shape index (κ1) is 18.3. The van der Waals surface area contributed by atoms with Gasteiger partial charge in [0.05, 0.1) is 35.6 Å². The minimum atomic E-state index is -0.481. The Balaban J connectivity index is 1.66. The second-order valence-corrected chi connectivity index (χ2v) is 6.71. The Morgan fingerprint density at radius 3 is 2.85 bits per heavy atom. The molecule has 1 aromatic heterocycles. The van der Waals surface area contributed by atoms with E-state index in [9.17, 15) is 9.59 Å². The third kappa shape index (κ3) is 3.83. The molecule has 0 saturated heterocycles. The van der Waals surface area contributed by atoms with Crippen LogP contribution in [0.15, 0.2) is 18.2 Å². The Hall–Kier alpha value is -2.54. The van der Waals surface area contributed by atoms with Gasteiger partial charge in [0.1, 0.15) is 0 Å². The van der Waals surface area contributed by atoms with Crippen LogP contribution in [0.25, 0.3) is 0 Å². The van der Waals surface area contributed by atoms with Gasteiger partial charge >= 0.3 is 12.0 Å². The number of aryl methyl sites for hydroxylation is 1. The van der Waals surface area contributed by atoms with Crippen molar-refractivity contribution in [2.45, 2.75) is 32.2 Å². The van der Waals surface area contributed by atoms with E-state index < -0.39 is 5.97 Å². The van der Waals surface area contributed by atoms with Crippen LogP contribution in [0.2, 0.25) is 5.02 Å². The van der Waals surface area contributed by atoms with Gasteiger partial charge in [-0.25, -0.2) is 9.59 Å². The van der Waals surface area contributed by atoms with Gasteiger partial charge in [-0.05, 0) is 49.4 Å². The van der Waals surface area contributed by atoms with Gasteiger partial charge in [0.15, 0.2) is 0 Å². The standard InChI is InChI=1S/C18H21ClN4O3/c1-23(10-16-12-5-3-4-6-14(12)21-22-16)18(25)20-15-8-7-11(9-13(15)19)17(24)26-2/h7-9H,3-6,10H2,1-2H3,(H,20,25)(H,21,22). The van der Waals surface area contributed by atoms with Crippen molar-refractivity contribution in [1.82, 2.24) is 15.1 Å². The lowest BCUT2D eigenvalue weighted by molar-refractivity contribution is 0.0600. The first-order chi connectivity index (χ1) is 12.5. The average Bonchev–Trinajstić information content (AvgIpc) is 3.05. The number of amides is 2. The molecule has 0 aliphatic heterocycles. The molecule has 1 aliphatic rings. The van der Waals surface area contributed by atoms with E-state index in [2.05, 4.69) is 20.3 Å². The fourth-order valence-corrected chi connectivity index (χ4v) is 3.28. The molecule has 1 aliphatic carbocycles. The molecule has 0 radical (unpaired) electrons. The maximum atomic E-state index is 12.5. The highest BCUT2D eigenvalue weighted by Gasteiger charge is 2.20. The zero-order valence-electron chi connectivity index (χ0n) is 14.8. The average molecular weight is 377 g/mol. The number of methoxy groups -OCH3 is 1. The van der Waals surface area contributed by atoms with Gasteiger partial charge in [0.25, 0.3) is 0 Å². The van der Waals surface area contributed by atoms with Crippen LogP contribution in [0.3, 0.4) is 0 Å². The van der Waals surface area contributed by atoms with Gasteiger partial charge in [-0.15, -0.1) is 0 Å². The minimum absolute atomic E-state index is 0.270. The molecule has 26 heavy (non-hydrogen) atoms. The van der Waals surface area contributed by atoms with Crippen molar-refractivity contribution in [2.24, 2.45) is 0 Å². The van der Waals surface area contributed by atoms with E-state index in [0.717, 1.165) is 25.0 Å². The van der Waals surface area contributed by atoms with Gasteiger partial charge in [0, 0.05) is 12.7 Å². The monoisotopic (exact) mass is 376 g/mol. The zero-order chi connectivity index (χ0) is 18.7. The molecule has 0 atom stereocenters. The molecule has 1 aromatic carbocycles. The topological polar surface area (TPSA) is 87.3 Å². The van der Waals surface area contributed by atoms with E-state index in [1.165, 1.54) is 30.9 Å². The molecule has 0 unspecified atom stereocenters. The normalized spacial score (nSPS) is 13.0. The predicted octanol–water partition coefficient (Wildman–Crippen LogP) is 3.39. The lowest BCUT2D eigenvalue weighted by Gasteiger charge is -2.19. The van der Waals surface area contributed by atoms with Crippen molar-refractivity contribution in [2.75, 3.05) is 19.5 Å². The smallest absolute Gasteiger partial charge is 0.337 e. The number of rotatable bonds is 4. The number of hydrogen-bond acceptors (Lipinski definition) is 4. The predicted molar refractivity (Wildman–Crippen MR) is 98.5 cm³/mol. The van der Waals surface area contributed by atoms with Crippen molar-refractivity contribution in [3.8, 4) is 0 Å². The molecule has 1 heterocycles. The molecule has 0 bridgehead atoms. The van der Waals surface area contributed by atoms with Gasteiger partial charge in [-0.1, -0.05) is 11.6 Å². The molecular weight excluding hydrogens is 356 g/mol. The van der Waals surface area contributed by atoms with Gasteiger partial charge in [-0.3, -0.25) is 5.10 Å². The molecule has 2 N–H and O–H groups in total. The van der Waals surface area contributed by atoms with Crippen LogP contribution in [0.5, 0.6) is 0 Å². The van der Waals surface area contributed by atoms with Crippen molar-refractivity contribution in [3.63, 3.8) is 0 Å². The number of hydrogen-bond donors (Lipinski definition) is 2. The summed E-state index contributed by atoms with van der Waals surface area (Å²) in [5.41, 5.74) is 4.08. The lowest BCUT2D eigenvalue weighted by atomic mass is 9.96. The quantitative estimate of drug-likeness (QED) is 0.800. The fraction of sp³-hybridized carbons (Fsp3) is 0.389. The lowest BCUT2D eigenvalue weighted by Crippen LogP contribution is -2.31. The number of H-pyrrole nitrogens is 1. The Labute approximate surface area is 156 Å². The number of carbonyl (C=O) groups excluding carboxylic acids is 2. The molecule has 8 heteroatoms. The largest absolute Gasteiger partial charge is 0.465 e. The fourth-order valence-electron chi connectivity index (χ4n) is 3.05. The summed E-state index contributed by atoms with van der Waals surface area (Å²) < 4.78 is 4.65. The second kappa shape index (κ2) is 7.78. The number of anilines is 1. The molecular formula is C18H21ClN4O3. The Kier molecular flexibility index (Phi) is 5.46. The molecule has 0 spiro atoms. The molecule has 138 valence electrons. The molecule has 3 rings (SSSR count). The summed E-state index contributed by atoms with van der Waals surface area (Å²) in [5.74, 6) is -0.481. The van der Waals surface area contributed by atoms with Gasteiger partial charge in [-0.2, -0.15) is 5.10 Å². The number of nitrogens with zero attached hydrogens (tertiary/aromatic N) is 2. The molecule has 2 amide bonds. The number of aromatic amines is 1. The van der Waals surface area contributed by atoms with E-state index in [-0.39, 0.29) is 11.1 Å². The van der Waals surface area contributed by atoms with Gasteiger partial charge < -0.3 is 15.0 Å². The van der Waals surface area contributed by atoms with Crippen LogP contribution in [0.1, 0.15) is 40.2 Å². The summed E-state index contributed by atoms with van der Waals surface area (Å²) in [6.45, 7) is 0.412. The summed E-state index contributed by atoms with van der Waals surface area (Å²) in [7, 11) is 3.00.